The van der Waals surface area contributed by atoms with Crippen molar-refractivity contribution >= 4 is 23.6 Å². The molecule has 0 radical (unpaired) electrons. The zero-order valence-corrected chi connectivity index (χ0v) is 17.9. The molecule has 1 amide bonds. The topological polar surface area (TPSA) is 56.7 Å². The van der Waals surface area contributed by atoms with E-state index in [-0.39, 0.29) is 5.91 Å². The molecule has 1 fully saturated rings. The normalized spacial score (nSPS) is 14.3. The molecular formula is C23H30N4OS. The van der Waals surface area contributed by atoms with Crippen molar-refractivity contribution in [3.63, 3.8) is 0 Å². The molecule has 2 N–H and O–H groups in total. The largest absolute Gasteiger partial charge is 0.357 e. The highest BCUT2D eigenvalue weighted by molar-refractivity contribution is 7.99. The van der Waals surface area contributed by atoms with Gasteiger partial charge in [0.15, 0.2) is 5.96 Å². The Kier molecular flexibility index (Phi) is 8.43. The predicted octanol–water partition coefficient (Wildman–Crippen LogP) is 3.66. The number of nitrogens with zero attached hydrogens (tertiary/aromatic N) is 2. The summed E-state index contributed by atoms with van der Waals surface area (Å²) in [7, 11) is 0. The first kappa shape index (κ1) is 21.2. The highest BCUT2D eigenvalue weighted by Gasteiger charge is 2.20. The predicted molar refractivity (Wildman–Crippen MR) is 121 cm³/mol. The average Bonchev–Trinajstić information content (AvgIpc) is 3.15. The first-order chi connectivity index (χ1) is 14.3. The van der Waals surface area contributed by atoms with Gasteiger partial charge in [-0.15, -0.1) is 11.8 Å². The summed E-state index contributed by atoms with van der Waals surface area (Å²) < 4.78 is 0. The van der Waals surface area contributed by atoms with Crippen LogP contribution in [0.1, 0.15) is 30.9 Å². The quantitative estimate of drug-likeness (QED) is 0.287. The van der Waals surface area contributed by atoms with Crippen LogP contribution in [0.3, 0.4) is 0 Å². The van der Waals surface area contributed by atoms with Gasteiger partial charge in [0.05, 0.1) is 6.54 Å². The van der Waals surface area contributed by atoms with Gasteiger partial charge in [0, 0.05) is 43.2 Å². The van der Waals surface area contributed by atoms with Gasteiger partial charge in [-0.1, -0.05) is 42.5 Å². The highest BCUT2D eigenvalue weighted by atomic mass is 32.2. The molecular weight excluding hydrogens is 380 g/mol. The van der Waals surface area contributed by atoms with Crippen molar-refractivity contribution in [1.82, 2.24) is 15.5 Å². The summed E-state index contributed by atoms with van der Waals surface area (Å²) >= 11 is 1.83. The third-order valence-corrected chi connectivity index (χ3v) is 5.82. The number of thioether (sulfide) groups is 1. The summed E-state index contributed by atoms with van der Waals surface area (Å²) in [5.41, 5.74) is 2.35. The van der Waals surface area contributed by atoms with E-state index in [0.717, 1.165) is 37.8 Å². The zero-order chi connectivity index (χ0) is 20.3. The lowest BCUT2D eigenvalue weighted by molar-refractivity contribution is -0.128. The minimum Gasteiger partial charge on any atom is -0.357 e. The van der Waals surface area contributed by atoms with E-state index in [9.17, 15) is 4.79 Å². The van der Waals surface area contributed by atoms with Crippen LogP contribution in [0.25, 0.3) is 0 Å². The van der Waals surface area contributed by atoms with Crippen molar-refractivity contribution in [3.05, 3.63) is 65.7 Å². The minimum atomic E-state index is 0.259. The van der Waals surface area contributed by atoms with Crippen LogP contribution < -0.4 is 10.6 Å². The fourth-order valence-electron chi connectivity index (χ4n) is 3.30. The van der Waals surface area contributed by atoms with Gasteiger partial charge in [-0.05, 0) is 36.6 Å². The fraction of sp³-hybridized carbons (Fsp3) is 0.391. The van der Waals surface area contributed by atoms with Gasteiger partial charge in [0.1, 0.15) is 0 Å². The van der Waals surface area contributed by atoms with Gasteiger partial charge in [0.2, 0.25) is 5.91 Å². The van der Waals surface area contributed by atoms with Crippen LogP contribution in [-0.4, -0.2) is 42.2 Å². The Bertz CT molecular complexity index is 810. The molecule has 29 heavy (non-hydrogen) atoms. The molecule has 1 saturated heterocycles. The summed E-state index contributed by atoms with van der Waals surface area (Å²) in [5.74, 6) is 2.06. The SMILES string of the molecule is CCNC(=NCc1ccccc1CN1CCCC1=O)NCCSc1ccccc1. The maximum absolute atomic E-state index is 12.0. The number of benzene rings is 2. The molecule has 0 saturated carbocycles. The average molecular weight is 411 g/mol. The Morgan fingerprint density at radius 3 is 2.55 bits per heavy atom. The number of guanidine groups is 1. The first-order valence-electron chi connectivity index (χ1n) is 10.3. The van der Waals surface area contributed by atoms with Crippen LogP contribution in [-0.2, 0) is 17.9 Å². The Morgan fingerprint density at radius 1 is 1.07 bits per heavy atom. The van der Waals surface area contributed by atoms with Gasteiger partial charge >= 0.3 is 0 Å². The van der Waals surface area contributed by atoms with E-state index in [0.29, 0.717) is 19.5 Å². The van der Waals surface area contributed by atoms with Crippen LogP contribution in [0.4, 0.5) is 0 Å². The molecule has 0 atom stereocenters. The van der Waals surface area contributed by atoms with E-state index in [2.05, 4.69) is 54.0 Å². The first-order valence-corrected chi connectivity index (χ1v) is 11.3. The lowest BCUT2D eigenvalue weighted by atomic mass is 10.1. The number of hydrogen-bond donors (Lipinski definition) is 2. The maximum Gasteiger partial charge on any atom is 0.222 e. The zero-order valence-electron chi connectivity index (χ0n) is 17.1. The molecule has 0 spiro atoms. The molecule has 2 aromatic carbocycles. The van der Waals surface area contributed by atoms with E-state index in [1.165, 1.54) is 16.0 Å². The number of nitrogens with one attached hydrogen (secondary N) is 2. The maximum atomic E-state index is 12.0. The molecule has 1 aliphatic rings. The highest BCUT2D eigenvalue weighted by Crippen LogP contribution is 2.18. The molecule has 6 heteroatoms. The molecule has 0 bridgehead atoms. The van der Waals surface area contributed by atoms with Gasteiger partial charge in [-0.3, -0.25) is 4.79 Å². The van der Waals surface area contributed by atoms with Crippen LogP contribution in [0.2, 0.25) is 0 Å². The third kappa shape index (κ3) is 6.82. The lowest BCUT2D eigenvalue weighted by Crippen LogP contribution is -2.38. The van der Waals surface area contributed by atoms with Crippen LogP contribution in [0, 0.1) is 0 Å². The molecule has 0 aromatic heterocycles. The Balaban J connectivity index is 1.54. The summed E-state index contributed by atoms with van der Waals surface area (Å²) in [6, 6.07) is 18.7. The minimum absolute atomic E-state index is 0.259. The van der Waals surface area contributed by atoms with E-state index >= 15 is 0 Å². The summed E-state index contributed by atoms with van der Waals surface area (Å²) in [6.07, 6.45) is 1.64. The van der Waals surface area contributed by atoms with Crippen LogP contribution in [0.15, 0.2) is 64.5 Å². The molecule has 154 valence electrons. The Labute approximate surface area is 178 Å². The van der Waals surface area contributed by atoms with Crippen molar-refractivity contribution in [2.45, 2.75) is 37.8 Å². The summed E-state index contributed by atoms with van der Waals surface area (Å²) in [5, 5.41) is 6.73. The van der Waals surface area contributed by atoms with Crippen molar-refractivity contribution in [2.75, 3.05) is 25.4 Å². The summed E-state index contributed by atoms with van der Waals surface area (Å²) in [4.78, 5) is 20.0. The van der Waals surface area contributed by atoms with E-state index < -0.39 is 0 Å². The number of likely N-dealkylation sites (tertiary alicyclic amines) is 1. The molecule has 3 rings (SSSR count). The Morgan fingerprint density at radius 2 is 1.83 bits per heavy atom. The van der Waals surface area contributed by atoms with Gasteiger partial charge in [0.25, 0.3) is 0 Å². The number of aliphatic imine (C=N–C) groups is 1. The van der Waals surface area contributed by atoms with E-state index in [4.69, 9.17) is 4.99 Å². The van der Waals surface area contributed by atoms with Crippen LogP contribution >= 0.6 is 11.8 Å². The van der Waals surface area contributed by atoms with Crippen molar-refractivity contribution < 1.29 is 4.79 Å². The monoisotopic (exact) mass is 410 g/mol. The molecule has 2 aromatic rings. The standard InChI is InChI=1S/C23H30N4OS/c1-2-24-23(25-14-16-29-21-11-4-3-5-12-21)26-17-19-9-6-7-10-20(19)18-27-15-8-13-22(27)28/h3-7,9-12H,2,8,13-18H2,1H3,(H2,24,25,26). The second-order valence-corrected chi connectivity index (χ2v) is 8.14. The van der Waals surface area contributed by atoms with Crippen LogP contribution in [0.5, 0.6) is 0 Å². The molecule has 5 nitrogen and oxygen atoms in total. The van der Waals surface area contributed by atoms with Crippen molar-refractivity contribution in [1.29, 1.82) is 0 Å². The number of carbonyl (C=O) groups is 1. The van der Waals surface area contributed by atoms with Crippen molar-refractivity contribution in [2.24, 2.45) is 4.99 Å². The van der Waals surface area contributed by atoms with E-state index in [1.54, 1.807) is 0 Å². The van der Waals surface area contributed by atoms with E-state index in [1.807, 2.05) is 34.9 Å². The molecule has 0 unspecified atom stereocenters. The summed E-state index contributed by atoms with van der Waals surface area (Å²) in [6.45, 7) is 5.88. The van der Waals surface area contributed by atoms with Gasteiger partial charge in [-0.25, -0.2) is 4.99 Å². The lowest BCUT2D eigenvalue weighted by Gasteiger charge is -2.18. The molecule has 1 heterocycles. The Hall–Kier alpha value is -2.47. The molecule has 1 aliphatic heterocycles. The van der Waals surface area contributed by atoms with Gasteiger partial charge in [-0.2, -0.15) is 0 Å². The third-order valence-electron chi connectivity index (χ3n) is 4.81. The number of carbonyl (C=O) groups excluding carboxylic acids is 1. The smallest absolute Gasteiger partial charge is 0.222 e. The second kappa shape index (κ2) is 11.5. The van der Waals surface area contributed by atoms with Crippen molar-refractivity contribution in [3.8, 4) is 0 Å². The number of amides is 1. The fourth-order valence-corrected chi connectivity index (χ4v) is 4.09. The number of hydrogen-bond acceptors (Lipinski definition) is 3. The molecule has 0 aliphatic carbocycles. The van der Waals surface area contributed by atoms with Gasteiger partial charge < -0.3 is 15.5 Å². The number of rotatable bonds is 9. The second-order valence-electron chi connectivity index (χ2n) is 6.97.